The van der Waals surface area contributed by atoms with Crippen LogP contribution in [-0.4, -0.2) is 51.1 Å². The molecule has 168 valence electrons. The highest BCUT2D eigenvalue weighted by Gasteiger charge is 2.24. The highest BCUT2D eigenvalue weighted by Crippen LogP contribution is 2.39. The number of aliphatic carboxylic acids is 1. The van der Waals surface area contributed by atoms with Crippen LogP contribution in [0.3, 0.4) is 0 Å². The average molecular weight is 457 g/mol. The molecule has 1 heterocycles. The summed E-state index contributed by atoms with van der Waals surface area (Å²) in [5, 5.41) is 24.1. The van der Waals surface area contributed by atoms with E-state index in [9.17, 15) is 19.5 Å². The third-order valence-electron chi connectivity index (χ3n) is 4.59. The van der Waals surface area contributed by atoms with Crippen molar-refractivity contribution in [2.45, 2.75) is 69.7 Å². The number of hydrogen-bond donors (Lipinski definition) is 4. The minimum atomic E-state index is -1.15. The summed E-state index contributed by atoms with van der Waals surface area (Å²) in [4.78, 5) is 36.0. The van der Waals surface area contributed by atoms with Crippen molar-refractivity contribution in [1.82, 2.24) is 10.6 Å². The van der Waals surface area contributed by atoms with E-state index in [4.69, 9.17) is 5.11 Å². The number of rotatable bonds is 13. The Bertz CT molecular complexity index is 672. The standard InChI is InChI=1S/C21H32N2O5S2/c1-4-16(10-9-14(2)24)13-18(20(26)22-15(3)21(27)28)23-19(25)8-6-5-7-17-11-12-29-30-17/h4,9-10,15,17-18,24H,2,5-8,11-13H2,1,3H3,(H,22,26)(H,23,25)(H,27,28)/b10-9-,16-4+. The van der Waals surface area contributed by atoms with E-state index >= 15 is 0 Å². The third kappa shape index (κ3) is 10.8. The number of allylic oxidation sites excluding steroid dienone is 3. The number of carbonyl (C=O) groups is 3. The maximum absolute atomic E-state index is 12.6. The number of hydrogen-bond acceptors (Lipinski definition) is 6. The van der Waals surface area contributed by atoms with E-state index in [1.165, 1.54) is 25.2 Å². The monoisotopic (exact) mass is 456 g/mol. The van der Waals surface area contributed by atoms with Gasteiger partial charge in [0.1, 0.15) is 17.8 Å². The van der Waals surface area contributed by atoms with E-state index in [2.05, 4.69) is 17.2 Å². The minimum absolute atomic E-state index is 0.127. The molecule has 7 nitrogen and oxygen atoms in total. The van der Waals surface area contributed by atoms with Crippen LogP contribution in [0.15, 0.2) is 36.1 Å². The van der Waals surface area contributed by atoms with Crippen molar-refractivity contribution in [2.24, 2.45) is 0 Å². The highest BCUT2D eigenvalue weighted by atomic mass is 33.1. The van der Waals surface area contributed by atoms with Gasteiger partial charge in [0.15, 0.2) is 0 Å². The Morgan fingerprint density at radius 3 is 2.50 bits per heavy atom. The molecule has 3 atom stereocenters. The summed E-state index contributed by atoms with van der Waals surface area (Å²) >= 11 is 0. The van der Waals surface area contributed by atoms with Crippen LogP contribution in [0.5, 0.6) is 0 Å². The van der Waals surface area contributed by atoms with E-state index < -0.39 is 24.0 Å². The van der Waals surface area contributed by atoms with E-state index in [0.29, 0.717) is 17.2 Å². The van der Waals surface area contributed by atoms with Crippen molar-refractivity contribution in [3.05, 3.63) is 36.1 Å². The second-order valence-corrected chi connectivity index (χ2v) is 9.94. The van der Waals surface area contributed by atoms with E-state index in [-0.39, 0.29) is 18.1 Å². The van der Waals surface area contributed by atoms with Crippen LogP contribution in [0, 0.1) is 0 Å². The molecule has 0 bridgehead atoms. The van der Waals surface area contributed by atoms with E-state index in [0.717, 1.165) is 19.3 Å². The Balaban J connectivity index is 2.65. The lowest BCUT2D eigenvalue weighted by Crippen LogP contribution is -2.50. The van der Waals surface area contributed by atoms with Crippen LogP contribution >= 0.6 is 21.6 Å². The molecule has 2 amide bonds. The van der Waals surface area contributed by atoms with Gasteiger partial charge in [0.25, 0.3) is 0 Å². The first kappa shape index (κ1) is 26.2. The summed E-state index contributed by atoms with van der Waals surface area (Å²) in [6.07, 6.45) is 9.24. The lowest BCUT2D eigenvalue weighted by molar-refractivity contribution is -0.141. The molecule has 1 saturated heterocycles. The van der Waals surface area contributed by atoms with Crippen molar-refractivity contribution in [3.63, 3.8) is 0 Å². The summed E-state index contributed by atoms with van der Waals surface area (Å²) in [6.45, 7) is 6.52. The van der Waals surface area contributed by atoms with Gasteiger partial charge in [0, 0.05) is 23.8 Å². The van der Waals surface area contributed by atoms with E-state index in [1.54, 1.807) is 19.1 Å². The Hall–Kier alpha value is -1.87. The summed E-state index contributed by atoms with van der Waals surface area (Å²) < 4.78 is 0. The zero-order chi connectivity index (χ0) is 22.5. The van der Waals surface area contributed by atoms with Crippen LogP contribution in [0.4, 0.5) is 0 Å². The fraction of sp³-hybridized carbons (Fsp3) is 0.571. The number of unbranched alkanes of at least 4 members (excludes halogenated alkanes) is 1. The van der Waals surface area contributed by atoms with Gasteiger partial charge in [0.05, 0.1) is 0 Å². The fourth-order valence-corrected chi connectivity index (χ4v) is 5.82. The molecule has 1 fully saturated rings. The molecule has 1 aliphatic rings. The SMILES string of the molecule is C=C(O)/C=C\C(=C/C)CC(NC(=O)CCCCC1CCSS1)C(=O)NC(C)C(=O)O. The first-order valence-corrected chi connectivity index (χ1v) is 12.4. The largest absolute Gasteiger partial charge is 0.509 e. The van der Waals surface area contributed by atoms with Crippen LogP contribution in [0.2, 0.25) is 0 Å². The lowest BCUT2D eigenvalue weighted by atomic mass is 10.0. The van der Waals surface area contributed by atoms with Crippen molar-refractivity contribution >= 4 is 39.4 Å². The van der Waals surface area contributed by atoms with Gasteiger partial charge in [-0.25, -0.2) is 0 Å². The predicted molar refractivity (Wildman–Crippen MR) is 123 cm³/mol. The quantitative estimate of drug-likeness (QED) is 0.144. The summed E-state index contributed by atoms with van der Waals surface area (Å²) in [5.74, 6) is -0.894. The van der Waals surface area contributed by atoms with Gasteiger partial charge in [-0.3, -0.25) is 14.4 Å². The number of aliphatic hydroxyl groups excluding tert-OH is 1. The second-order valence-electron chi connectivity index (χ2n) is 7.16. The van der Waals surface area contributed by atoms with Crippen LogP contribution in [0.25, 0.3) is 0 Å². The highest BCUT2D eigenvalue weighted by molar-refractivity contribution is 8.77. The van der Waals surface area contributed by atoms with E-state index in [1.807, 2.05) is 21.6 Å². The van der Waals surface area contributed by atoms with Crippen LogP contribution in [0.1, 0.15) is 52.4 Å². The molecular weight excluding hydrogens is 424 g/mol. The number of aliphatic hydroxyl groups is 1. The number of carboxylic acids is 1. The van der Waals surface area contributed by atoms with Gasteiger partial charge in [0.2, 0.25) is 11.8 Å². The first-order chi connectivity index (χ1) is 14.2. The van der Waals surface area contributed by atoms with Crippen molar-refractivity contribution in [3.8, 4) is 0 Å². The molecule has 0 spiro atoms. The minimum Gasteiger partial charge on any atom is -0.509 e. The number of carboxylic acid groups (broad SMARTS) is 1. The zero-order valence-electron chi connectivity index (χ0n) is 17.6. The second kappa shape index (κ2) is 14.2. The van der Waals surface area contributed by atoms with Gasteiger partial charge < -0.3 is 20.8 Å². The number of nitrogens with one attached hydrogen (secondary N) is 2. The molecule has 9 heteroatoms. The molecule has 1 rings (SSSR count). The Labute approximate surface area is 186 Å². The van der Waals surface area contributed by atoms with Gasteiger partial charge in [-0.05, 0) is 44.8 Å². The maximum Gasteiger partial charge on any atom is 0.325 e. The normalized spacial score (nSPS) is 18.7. The molecule has 0 aliphatic carbocycles. The molecule has 0 aromatic carbocycles. The number of amides is 2. The molecule has 0 aromatic rings. The molecule has 0 saturated carbocycles. The maximum atomic E-state index is 12.6. The van der Waals surface area contributed by atoms with Crippen molar-refractivity contribution in [2.75, 3.05) is 5.75 Å². The molecule has 30 heavy (non-hydrogen) atoms. The van der Waals surface area contributed by atoms with Crippen LogP contribution < -0.4 is 10.6 Å². The summed E-state index contributed by atoms with van der Waals surface area (Å²) in [7, 11) is 3.82. The summed E-state index contributed by atoms with van der Waals surface area (Å²) in [6, 6.07) is -1.98. The Kier molecular flexibility index (Phi) is 12.4. The molecular formula is C21H32N2O5S2. The van der Waals surface area contributed by atoms with Crippen LogP contribution in [-0.2, 0) is 14.4 Å². The smallest absolute Gasteiger partial charge is 0.325 e. The average Bonchev–Trinajstić information content (AvgIpc) is 3.20. The van der Waals surface area contributed by atoms with Gasteiger partial charge in [-0.1, -0.05) is 46.7 Å². The van der Waals surface area contributed by atoms with Gasteiger partial charge >= 0.3 is 5.97 Å². The van der Waals surface area contributed by atoms with Crippen molar-refractivity contribution < 1.29 is 24.6 Å². The Morgan fingerprint density at radius 2 is 1.93 bits per heavy atom. The number of carbonyl (C=O) groups excluding carboxylic acids is 2. The predicted octanol–water partition coefficient (Wildman–Crippen LogP) is 3.74. The van der Waals surface area contributed by atoms with Crippen molar-refractivity contribution in [1.29, 1.82) is 0 Å². The van der Waals surface area contributed by atoms with Gasteiger partial charge in [-0.15, -0.1) is 0 Å². The molecule has 4 N–H and O–H groups in total. The zero-order valence-corrected chi connectivity index (χ0v) is 19.2. The molecule has 0 aromatic heterocycles. The lowest BCUT2D eigenvalue weighted by Gasteiger charge is -2.20. The molecule has 1 aliphatic heterocycles. The summed E-state index contributed by atoms with van der Waals surface area (Å²) in [5.41, 5.74) is 0.699. The molecule has 0 radical (unpaired) electrons. The first-order valence-electron chi connectivity index (χ1n) is 10.0. The topological polar surface area (TPSA) is 116 Å². The fourth-order valence-electron chi connectivity index (χ4n) is 2.79. The third-order valence-corrected chi connectivity index (χ3v) is 7.60. The Morgan fingerprint density at radius 1 is 1.20 bits per heavy atom. The molecule has 3 unspecified atom stereocenters. The van der Waals surface area contributed by atoms with Gasteiger partial charge in [-0.2, -0.15) is 0 Å².